The highest BCUT2D eigenvalue weighted by Gasteiger charge is 2.05. The van der Waals surface area contributed by atoms with E-state index in [2.05, 4.69) is 64.0 Å². The van der Waals surface area contributed by atoms with Crippen molar-refractivity contribution < 1.29 is 0 Å². The lowest BCUT2D eigenvalue weighted by Gasteiger charge is -2.09. The molecule has 0 aliphatic carbocycles. The highest BCUT2D eigenvalue weighted by Crippen LogP contribution is 2.24. The second kappa shape index (κ2) is 5.61. The zero-order chi connectivity index (χ0) is 13.1. The Morgan fingerprint density at radius 1 is 1.17 bits per heavy atom. The van der Waals surface area contributed by atoms with Crippen LogP contribution in [0.1, 0.15) is 37.4 Å². The average molecular weight is 305 g/mol. The fourth-order valence-electron chi connectivity index (χ4n) is 1.90. The molecule has 0 aliphatic heterocycles. The van der Waals surface area contributed by atoms with Crippen LogP contribution in [0, 0.1) is 6.92 Å². The Kier molecular flexibility index (Phi) is 4.12. The first kappa shape index (κ1) is 13.2. The topological polar surface area (TPSA) is 25.8 Å². The molecular weight excluding hydrogens is 288 g/mol. The van der Waals surface area contributed by atoms with E-state index < -0.39 is 0 Å². The van der Waals surface area contributed by atoms with Gasteiger partial charge in [-0.25, -0.2) is 9.97 Å². The van der Waals surface area contributed by atoms with Crippen molar-refractivity contribution in [3.63, 3.8) is 0 Å². The summed E-state index contributed by atoms with van der Waals surface area (Å²) >= 11 is 3.34. The van der Waals surface area contributed by atoms with Gasteiger partial charge in [-0.2, -0.15) is 0 Å². The van der Waals surface area contributed by atoms with Crippen LogP contribution in [0.4, 0.5) is 0 Å². The molecule has 0 N–H and O–H groups in total. The summed E-state index contributed by atoms with van der Waals surface area (Å²) in [5.74, 6) is 0.609. The molecule has 2 aromatic rings. The summed E-state index contributed by atoms with van der Waals surface area (Å²) in [5, 5.41) is 0. The molecule has 0 saturated carbocycles. The van der Waals surface area contributed by atoms with Crippen LogP contribution >= 0.6 is 15.9 Å². The van der Waals surface area contributed by atoms with Crippen LogP contribution in [0.3, 0.4) is 0 Å². The van der Waals surface area contributed by atoms with E-state index in [1.165, 1.54) is 5.56 Å². The number of nitrogens with zero attached hydrogens (tertiary/aromatic N) is 2. The summed E-state index contributed by atoms with van der Waals surface area (Å²) in [7, 11) is 0. The summed E-state index contributed by atoms with van der Waals surface area (Å²) < 4.78 is 0.642. The lowest BCUT2D eigenvalue weighted by molar-refractivity contribution is 0.734. The largest absolute Gasteiger partial charge is 0.227 e. The van der Waals surface area contributed by atoms with Crippen molar-refractivity contribution in [2.45, 2.75) is 33.1 Å². The molecule has 0 radical (unpaired) electrons. The molecule has 0 amide bonds. The fraction of sp³-hybridized carbons (Fsp3) is 0.333. The van der Waals surface area contributed by atoms with Gasteiger partial charge in [-0.05, 0) is 46.8 Å². The third-order valence-corrected chi connectivity index (χ3v) is 3.57. The average Bonchev–Trinajstić information content (AvgIpc) is 2.37. The van der Waals surface area contributed by atoms with Gasteiger partial charge in [-0.15, -0.1) is 0 Å². The Hall–Kier alpha value is -1.22. The molecule has 18 heavy (non-hydrogen) atoms. The SMILES string of the molecule is CCC(C)c1ccc(-c2cc(C)nc(Br)n2)cc1. The van der Waals surface area contributed by atoms with Crippen molar-refractivity contribution in [1.82, 2.24) is 9.97 Å². The minimum Gasteiger partial charge on any atom is -0.227 e. The second-order valence-corrected chi connectivity index (χ2v) is 5.30. The van der Waals surface area contributed by atoms with E-state index in [1.54, 1.807) is 0 Å². The summed E-state index contributed by atoms with van der Waals surface area (Å²) in [5.41, 5.74) is 4.45. The normalized spacial score (nSPS) is 12.4. The quantitative estimate of drug-likeness (QED) is 0.766. The van der Waals surface area contributed by atoms with Gasteiger partial charge in [0.1, 0.15) is 0 Å². The molecule has 94 valence electrons. The van der Waals surface area contributed by atoms with Crippen LogP contribution in [0.15, 0.2) is 35.1 Å². The van der Waals surface area contributed by atoms with Gasteiger partial charge in [0.2, 0.25) is 0 Å². The van der Waals surface area contributed by atoms with E-state index in [4.69, 9.17) is 0 Å². The van der Waals surface area contributed by atoms with Crippen molar-refractivity contribution in [2.24, 2.45) is 0 Å². The second-order valence-electron chi connectivity index (χ2n) is 4.59. The van der Waals surface area contributed by atoms with Crippen molar-refractivity contribution >= 4 is 15.9 Å². The number of hydrogen-bond donors (Lipinski definition) is 0. The third kappa shape index (κ3) is 2.96. The van der Waals surface area contributed by atoms with Crippen molar-refractivity contribution in [3.05, 3.63) is 46.3 Å². The predicted molar refractivity (Wildman–Crippen MR) is 78.6 cm³/mol. The van der Waals surface area contributed by atoms with Crippen molar-refractivity contribution in [3.8, 4) is 11.3 Å². The van der Waals surface area contributed by atoms with Gasteiger partial charge in [-0.3, -0.25) is 0 Å². The van der Waals surface area contributed by atoms with Gasteiger partial charge in [0.25, 0.3) is 0 Å². The van der Waals surface area contributed by atoms with E-state index in [9.17, 15) is 0 Å². The summed E-state index contributed by atoms with van der Waals surface area (Å²) in [4.78, 5) is 8.63. The number of hydrogen-bond acceptors (Lipinski definition) is 2. The minimum absolute atomic E-state index is 0.609. The molecule has 2 nitrogen and oxygen atoms in total. The zero-order valence-corrected chi connectivity index (χ0v) is 12.5. The first-order chi connectivity index (χ1) is 8.60. The predicted octanol–water partition coefficient (Wildman–Crippen LogP) is 4.73. The van der Waals surface area contributed by atoms with Gasteiger partial charge in [0.05, 0.1) is 5.69 Å². The lowest BCUT2D eigenvalue weighted by atomic mass is 9.97. The maximum Gasteiger partial charge on any atom is 0.197 e. The van der Waals surface area contributed by atoms with Crippen molar-refractivity contribution in [2.75, 3.05) is 0 Å². The summed E-state index contributed by atoms with van der Waals surface area (Å²) in [6, 6.07) is 10.7. The molecule has 1 atom stereocenters. The third-order valence-electron chi connectivity index (χ3n) is 3.21. The van der Waals surface area contributed by atoms with Gasteiger partial charge in [-0.1, -0.05) is 38.1 Å². The Morgan fingerprint density at radius 3 is 2.39 bits per heavy atom. The van der Waals surface area contributed by atoms with Gasteiger partial charge >= 0.3 is 0 Å². The highest BCUT2D eigenvalue weighted by atomic mass is 79.9. The molecule has 0 aliphatic rings. The van der Waals surface area contributed by atoms with E-state index in [0.717, 1.165) is 23.4 Å². The standard InChI is InChI=1S/C15H17BrN2/c1-4-10(2)12-5-7-13(8-6-12)14-9-11(3)17-15(16)18-14/h5-10H,4H2,1-3H3. The summed E-state index contributed by atoms with van der Waals surface area (Å²) in [6.45, 7) is 6.44. The van der Waals surface area contributed by atoms with Crippen molar-refractivity contribution in [1.29, 1.82) is 0 Å². The number of halogens is 1. The molecule has 0 spiro atoms. The van der Waals surface area contributed by atoms with E-state index in [-0.39, 0.29) is 0 Å². The minimum atomic E-state index is 0.609. The highest BCUT2D eigenvalue weighted by molar-refractivity contribution is 9.10. The molecule has 1 heterocycles. The first-order valence-corrected chi connectivity index (χ1v) is 7.01. The maximum absolute atomic E-state index is 4.40. The smallest absolute Gasteiger partial charge is 0.197 e. The van der Waals surface area contributed by atoms with E-state index in [0.29, 0.717) is 10.7 Å². The Labute approximate surface area is 117 Å². The van der Waals surface area contributed by atoms with Gasteiger partial charge in [0.15, 0.2) is 4.73 Å². The molecule has 0 bridgehead atoms. The number of benzene rings is 1. The molecule has 1 unspecified atom stereocenters. The maximum atomic E-state index is 4.40. The number of aryl methyl sites for hydroxylation is 1. The Morgan fingerprint density at radius 2 is 1.83 bits per heavy atom. The van der Waals surface area contributed by atoms with E-state index >= 15 is 0 Å². The van der Waals surface area contributed by atoms with Crippen LogP contribution < -0.4 is 0 Å². The van der Waals surface area contributed by atoms with Crippen LogP contribution in [0.2, 0.25) is 0 Å². The first-order valence-electron chi connectivity index (χ1n) is 6.21. The molecular formula is C15H17BrN2. The Balaban J connectivity index is 2.34. The van der Waals surface area contributed by atoms with Crippen LogP contribution in [0.25, 0.3) is 11.3 Å². The van der Waals surface area contributed by atoms with Gasteiger partial charge < -0.3 is 0 Å². The monoisotopic (exact) mass is 304 g/mol. The molecule has 3 heteroatoms. The zero-order valence-electron chi connectivity index (χ0n) is 10.9. The molecule has 1 aromatic carbocycles. The fourth-order valence-corrected chi connectivity index (χ4v) is 2.37. The number of aromatic nitrogens is 2. The molecule has 1 aromatic heterocycles. The molecule has 2 rings (SSSR count). The van der Waals surface area contributed by atoms with Gasteiger partial charge in [0, 0.05) is 11.3 Å². The lowest BCUT2D eigenvalue weighted by Crippen LogP contribution is -1.93. The van der Waals surface area contributed by atoms with Crippen LogP contribution in [-0.4, -0.2) is 9.97 Å². The Bertz CT molecular complexity index is 514. The number of rotatable bonds is 3. The summed E-state index contributed by atoms with van der Waals surface area (Å²) in [6.07, 6.45) is 1.16. The molecule has 0 fully saturated rings. The van der Waals surface area contributed by atoms with Crippen LogP contribution in [-0.2, 0) is 0 Å². The molecule has 0 saturated heterocycles. The van der Waals surface area contributed by atoms with Crippen LogP contribution in [0.5, 0.6) is 0 Å². The van der Waals surface area contributed by atoms with E-state index in [1.807, 2.05) is 13.0 Å².